The molecule has 5 aromatic rings. The fourth-order valence-corrected chi connectivity index (χ4v) is 12.2. The number of aliphatic hydroxyl groups excluding tert-OH is 1. The Morgan fingerprint density at radius 2 is 1.53 bits per heavy atom. The molecule has 5 aromatic carbocycles. The average Bonchev–Trinajstić information content (AvgIpc) is 3.53. The number of allylic oxidation sites excluding steroid dienone is 2. The number of hydrogen-bond acceptors (Lipinski definition) is 5. The summed E-state index contributed by atoms with van der Waals surface area (Å²) in [5.74, 6) is 1.85. The monoisotopic (exact) mass is 829 g/mol. The highest BCUT2D eigenvalue weighted by atomic mass is 16.6. The van der Waals surface area contributed by atoms with Crippen LogP contribution < -0.4 is 4.74 Å². The van der Waals surface area contributed by atoms with Gasteiger partial charge in [0.15, 0.2) is 5.78 Å². The number of nitrogens with zero attached hydrogens (tertiary/aromatic N) is 1. The first kappa shape index (κ1) is 42.3. The van der Waals surface area contributed by atoms with Crippen molar-refractivity contribution in [3.05, 3.63) is 149 Å². The quantitative estimate of drug-likeness (QED) is 0.120. The van der Waals surface area contributed by atoms with Gasteiger partial charge in [0.2, 0.25) is 0 Å². The Morgan fingerprint density at radius 1 is 0.790 bits per heavy atom. The van der Waals surface area contributed by atoms with Gasteiger partial charge in [-0.15, -0.1) is 0 Å². The van der Waals surface area contributed by atoms with E-state index in [-0.39, 0.29) is 23.7 Å². The number of carbonyl (C=O) groups is 2. The number of ether oxygens (including phenoxy) is 1. The van der Waals surface area contributed by atoms with Gasteiger partial charge in [0, 0.05) is 23.1 Å². The Balaban J connectivity index is 1.08. The number of benzene rings is 5. The molecule has 7 unspecified atom stereocenters. The van der Waals surface area contributed by atoms with Crippen molar-refractivity contribution in [1.29, 1.82) is 0 Å². The maximum absolute atomic E-state index is 14.8. The molecule has 0 heterocycles. The molecule has 6 nitrogen and oxygen atoms in total. The second-order valence-corrected chi connectivity index (χ2v) is 20.2. The third kappa shape index (κ3) is 8.05. The van der Waals surface area contributed by atoms with E-state index in [9.17, 15) is 19.8 Å². The lowest BCUT2D eigenvalue weighted by Crippen LogP contribution is -2.58. The van der Waals surface area contributed by atoms with Gasteiger partial charge in [0.1, 0.15) is 5.75 Å². The number of hydrogen-bond donors (Lipinski definition) is 2. The Labute approximate surface area is 368 Å². The highest BCUT2D eigenvalue weighted by Gasteiger charge is 2.59. The first-order valence-electron chi connectivity index (χ1n) is 23.2. The maximum Gasteiger partial charge on any atom is 0.415 e. The average molecular weight is 830 g/mol. The zero-order valence-electron chi connectivity index (χ0n) is 37.0. The van der Waals surface area contributed by atoms with Crippen molar-refractivity contribution in [2.24, 2.45) is 28.6 Å². The minimum atomic E-state index is -1.27. The molecule has 0 spiro atoms. The topological polar surface area (TPSA) is 87.1 Å². The molecule has 6 aliphatic carbocycles. The van der Waals surface area contributed by atoms with Crippen molar-refractivity contribution in [3.8, 4) is 16.9 Å². The lowest BCUT2D eigenvalue weighted by Gasteiger charge is -2.60. The molecular weight excluding hydrogens is 767 g/mol. The van der Waals surface area contributed by atoms with E-state index in [1.807, 2.05) is 89.8 Å². The second-order valence-electron chi connectivity index (χ2n) is 20.2. The lowest BCUT2D eigenvalue weighted by molar-refractivity contribution is -0.119. The highest BCUT2D eigenvalue weighted by Crippen LogP contribution is 2.62. The maximum atomic E-state index is 14.8. The molecule has 2 N–H and O–H groups in total. The van der Waals surface area contributed by atoms with E-state index in [0.717, 1.165) is 64.6 Å². The smallest absolute Gasteiger partial charge is 0.410 e. The van der Waals surface area contributed by atoms with Gasteiger partial charge in [-0.2, -0.15) is 0 Å². The van der Waals surface area contributed by atoms with Crippen LogP contribution in [0.5, 0.6) is 5.75 Å². The first-order valence-corrected chi connectivity index (χ1v) is 23.2. The van der Waals surface area contributed by atoms with E-state index >= 15 is 0 Å². The molecule has 62 heavy (non-hydrogen) atoms. The molecule has 6 aliphatic rings. The van der Waals surface area contributed by atoms with Gasteiger partial charge in [0.25, 0.3) is 0 Å². The van der Waals surface area contributed by atoms with Gasteiger partial charge in [-0.1, -0.05) is 129 Å². The van der Waals surface area contributed by atoms with Gasteiger partial charge < -0.3 is 19.8 Å². The van der Waals surface area contributed by atoms with Crippen LogP contribution in [0, 0.1) is 28.6 Å². The molecule has 0 aromatic heterocycles. The largest absolute Gasteiger partial charge is 0.415 e. The van der Waals surface area contributed by atoms with E-state index in [2.05, 4.69) is 64.1 Å². The molecule has 0 saturated heterocycles. The molecule has 11 rings (SSSR count). The van der Waals surface area contributed by atoms with Crippen molar-refractivity contribution < 1.29 is 24.5 Å². The van der Waals surface area contributed by atoms with E-state index in [1.54, 1.807) is 0 Å². The molecule has 0 aliphatic heterocycles. The summed E-state index contributed by atoms with van der Waals surface area (Å²) >= 11 is 0. The minimum Gasteiger partial charge on any atom is -0.410 e. The highest BCUT2D eigenvalue weighted by molar-refractivity contribution is 6.10. The Bertz CT molecular complexity index is 2470. The lowest BCUT2D eigenvalue weighted by atomic mass is 9.45. The number of fused-ring (bicyclic) bond motifs is 11. The number of aliphatic hydroxyl groups is 2. The fourth-order valence-electron chi connectivity index (χ4n) is 12.2. The van der Waals surface area contributed by atoms with Crippen LogP contribution in [0.25, 0.3) is 21.9 Å². The van der Waals surface area contributed by atoms with Crippen molar-refractivity contribution in [1.82, 2.24) is 4.90 Å². The zero-order valence-corrected chi connectivity index (χ0v) is 37.0. The predicted octanol–water partition coefficient (Wildman–Crippen LogP) is 12.3. The zero-order chi connectivity index (χ0) is 43.2. The van der Waals surface area contributed by atoms with Crippen molar-refractivity contribution in [3.63, 3.8) is 0 Å². The normalized spacial score (nSPS) is 28.0. The van der Waals surface area contributed by atoms with Gasteiger partial charge in [-0.25, -0.2) is 4.79 Å². The Morgan fingerprint density at radius 3 is 2.29 bits per heavy atom. The summed E-state index contributed by atoms with van der Waals surface area (Å²) in [6.07, 6.45) is 9.17. The first-order chi connectivity index (χ1) is 29.8. The van der Waals surface area contributed by atoms with Crippen LogP contribution in [-0.2, 0) is 6.42 Å². The van der Waals surface area contributed by atoms with Crippen LogP contribution in [0.3, 0.4) is 0 Å². The van der Waals surface area contributed by atoms with Crippen molar-refractivity contribution in [2.45, 2.75) is 110 Å². The van der Waals surface area contributed by atoms with Gasteiger partial charge in [-0.05, 0) is 151 Å². The number of carbonyl (C=O) groups excluding carboxylic acids is 2. The third-order valence-electron chi connectivity index (χ3n) is 16.3. The standard InChI is InChI=1S/C56H63NO5/c1-37-11-10-29-55(4)50(48-27-17-38(31-46(58)25-16-37)32-49(48)52(59)42-20-18-41(19-21-42)39-12-6-5-7-13-39)28-30-56(55,61)36-57(35-44-22-24-45-34-51(44)54(45,2)3)53(60)62-47-26-23-40-14-8-9-15-43(40)33-47/h5-9,11-15,17-21,23,26-27,32-33,44-46,50-51,58,61H,10,16,22,24-25,28-31,34-36H2,1-4H3. The summed E-state index contributed by atoms with van der Waals surface area (Å²) in [5.41, 5.74) is 4.72. The SMILES string of the molecule is CC1=CCCC2(C)C(CCC2(O)CN(CC2CCC3CC2C3(C)C)C(=O)Oc2ccc3ccccc3c2)c2ccc(cc2C(=O)c2ccc(-c3ccccc3)cc2)CC(O)CC1. The third-order valence-corrected chi connectivity index (χ3v) is 16.3. The fraction of sp³-hybridized carbons (Fsp3) is 0.429. The summed E-state index contributed by atoms with van der Waals surface area (Å²) in [7, 11) is 0. The van der Waals surface area contributed by atoms with Crippen molar-refractivity contribution >= 4 is 22.6 Å². The molecule has 322 valence electrons. The van der Waals surface area contributed by atoms with Crippen LogP contribution >= 0.6 is 0 Å². The summed E-state index contributed by atoms with van der Waals surface area (Å²) in [6.45, 7) is 9.80. The molecule has 7 atom stereocenters. The van der Waals surface area contributed by atoms with Crippen LogP contribution in [0.2, 0.25) is 0 Å². The summed E-state index contributed by atoms with van der Waals surface area (Å²) < 4.78 is 6.27. The van der Waals surface area contributed by atoms with Crippen LogP contribution in [0.15, 0.2) is 127 Å². The number of amides is 1. The summed E-state index contributed by atoms with van der Waals surface area (Å²) in [5, 5.41) is 26.7. The molecule has 0 radical (unpaired) electrons. The molecular formula is C56H63NO5. The van der Waals surface area contributed by atoms with Crippen LogP contribution in [-0.4, -0.2) is 51.8 Å². The molecule has 6 heteroatoms. The predicted molar refractivity (Wildman–Crippen MR) is 248 cm³/mol. The van der Waals surface area contributed by atoms with E-state index in [4.69, 9.17) is 4.74 Å². The van der Waals surface area contributed by atoms with E-state index in [0.29, 0.717) is 67.4 Å². The molecule has 4 saturated carbocycles. The van der Waals surface area contributed by atoms with Crippen LogP contribution in [0.1, 0.15) is 118 Å². The van der Waals surface area contributed by atoms with Crippen LogP contribution in [0.4, 0.5) is 4.79 Å². The van der Waals surface area contributed by atoms with E-state index < -0.39 is 23.2 Å². The summed E-state index contributed by atoms with van der Waals surface area (Å²) in [4.78, 5) is 31.4. The minimum absolute atomic E-state index is 0.0594. The molecule has 4 fully saturated rings. The van der Waals surface area contributed by atoms with Crippen molar-refractivity contribution in [2.75, 3.05) is 13.1 Å². The second kappa shape index (κ2) is 16.9. The molecule has 1 amide bonds. The van der Waals surface area contributed by atoms with Gasteiger partial charge in [0.05, 0.1) is 18.2 Å². The Kier molecular flexibility index (Phi) is 11.5. The number of rotatable bonds is 8. The Hall–Kier alpha value is -5.04. The van der Waals surface area contributed by atoms with Gasteiger partial charge in [-0.3, -0.25) is 4.79 Å². The number of ketones is 1. The summed E-state index contributed by atoms with van der Waals surface area (Å²) in [6, 6.07) is 38.1. The van der Waals surface area contributed by atoms with Gasteiger partial charge >= 0.3 is 6.09 Å². The van der Waals surface area contributed by atoms with E-state index in [1.165, 1.54) is 12.0 Å². The molecule has 4 bridgehead atoms.